The van der Waals surface area contributed by atoms with Crippen molar-refractivity contribution < 1.29 is 13.9 Å². The van der Waals surface area contributed by atoms with Crippen LogP contribution in [0.3, 0.4) is 0 Å². The van der Waals surface area contributed by atoms with Gasteiger partial charge in [0.2, 0.25) is 5.95 Å². The van der Waals surface area contributed by atoms with E-state index in [0.717, 1.165) is 79.9 Å². The molecule has 2 aromatic rings. The molecule has 3 saturated heterocycles. The van der Waals surface area contributed by atoms with Gasteiger partial charge in [-0.05, 0) is 91.7 Å². The van der Waals surface area contributed by atoms with Crippen LogP contribution in [-0.2, 0) is 4.74 Å². The Labute approximate surface area is 246 Å². The van der Waals surface area contributed by atoms with Crippen molar-refractivity contribution in [3.63, 3.8) is 0 Å². The molecule has 38 heavy (non-hydrogen) atoms. The van der Waals surface area contributed by atoms with Gasteiger partial charge in [-0.2, -0.15) is 4.98 Å². The highest BCUT2D eigenvalue weighted by molar-refractivity contribution is 14.1. The number of hydrogen-bond donors (Lipinski definition) is 0. The Kier molecular flexibility index (Phi) is 7.75. The maximum atomic E-state index is 15.5. The number of carbonyl (C=O) groups is 1. The van der Waals surface area contributed by atoms with Crippen LogP contribution in [0.1, 0.15) is 47.0 Å². The van der Waals surface area contributed by atoms with Gasteiger partial charge in [0.25, 0.3) is 0 Å². The van der Waals surface area contributed by atoms with Gasteiger partial charge in [-0.3, -0.25) is 4.90 Å². The molecule has 0 N–H and O–H groups in total. The van der Waals surface area contributed by atoms with Crippen molar-refractivity contribution in [3.8, 4) is 0 Å². The first-order valence-electron chi connectivity index (χ1n) is 13.4. The van der Waals surface area contributed by atoms with Gasteiger partial charge >= 0.3 is 6.09 Å². The SMILES string of the molecule is CCC1CN(c2nc(N3CCC4(CC3)CN(C(=O)OC(C)(C)C)C4)c3cc(I)c(Br)c(F)c3n2)CCN1C. The molecule has 0 radical (unpaired) electrons. The van der Waals surface area contributed by atoms with Crippen molar-refractivity contribution in [1.29, 1.82) is 0 Å². The Balaban J connectivity index is 1.39. The minimum absolute atomic E-state index is 0.119. The van der Waals surface area contributed by atoms with Crippen molar-refractivity contribution >= 4 is 67.3 Å². The lowest BCUT2D eigenvalue weighted by molar-refractivity contribution is -0.0434. The molecule has 1 unspecified atom stereocenters. The number of benzene rings is 1. The number of amides is 1. The molecule has 1 atom stereocenters. The molecule has 5 rings (SSSR count). The highest BCUT2D eigenvalue weighted by atomic mass is 127. The van der Waals surface area contributed by atoms with Crippen LogP contribution >= 0.6 is 38.5 Å². The van der Waals surface area contributed by atoms with Gasteiger partial charge in [0.1, 0.15) is 16.9 Å². The highest BCUT2D eigenvalue weighted by Gasteiger charge is 2.48. The summed E-state index contributed by atoms with van der Waals surface area (Å²) in [6, 6.07) is 2.40. The maximum Gasteiger partial charge on any atom is 0.410 e. The number of piperazine rings is 1. The predicted molar refractivity (Wildman–Crippen MR) is 161 cm³/mol. The molecule has 3 aliphatic rings. The smallest absolute Gasteiger partial charge is 0.410 e. The molecule has 1 spiro atoms. The van der Waals surface area contributed by atoms with Gasteiger partial charge in [-0.15, -0.1) is 0 Å². The highest BCUT2D eigenvalue weighted by Crippen LogP contribution is 2.43. The van der Waals surface area contributed by atoms with Crippen molar-refractivity contribution in [2.75, 3.05) is 62.7 Å². The molecule has 1 aromatic heterocycles. The molecule has 1 aromatic carbocycles. The molecular formula is C27H37BrFIN6O2. The fraction of sp³-hybridized carbons (Fsp3) is 0.667. The number of aromatic nitrogens is 2. The molecule has 0 saturated carbocycles. The first-order chi connectivity index (χ1) is 17.9. The van der Waals surface area contributed by atoms with Gasteiger partial charge < -0.3 is 19.4 Å². The summed E-state index contributed by atoms with van der Waals surface area (Å²) in [7, 11) is 2.16. The van der Waals surface area contributed by atoms with E-state index in [2.05, 4.69) is 67.2 Å². The fourth-order valence-corrected chi connectivity index (χ4v) is 6.67. The number of nitrogens with zero attached hydrogens (tertiary/aromatic N) is 6. The Morgan fingerprint density at radius 2 is 1.87 bits per heavy atom. The van der Waals surface area contributed by atoms with Crippen LogP contribution in [0.2, 0.25) is 0 Å². The summed E-state index contributed by atoms with van der Waals surface area (Å²) < 4.78 is 22.3. The zero-order valence-electron chi connectivity index (χ0n) is 22.9. The predicted octanol–water partition coefficient (Wildman–Crippen LogP) is 5.50. The number of ether oxygens (including phenoxy) is 1. The van der Waals surface area contributed by atoms with Crippen molar-refractivity contribution in [2.45, 2.75) is 58.6 Å². The molecule has 208 valence electrons. The number of likely N-dealkylation sites (tertiary alicyclic amines) is 1. The van der Waals surface area contributed by atoms with E-state index in [-0.39, 0.29) is 17.3 Å². The lowest BCUT2D eigenvalue weighted by Gasteiger charge is -2.53. The summed E-state index contributed by atoms with van der Waals surface area (Å²) in [4.78, 5) is 31.0. The monoisotopic (exact) mass is 702 g/mol. The van der Waals surface area contributed by atoms with Gasteiger partial charge in [0, 0.05) is 66.2 Å². The van der Waals surface area contributed by atoms with E-state index < -0.39 is 5.60 Å². The third-order valence-corrected chi connectivity index (χ3v) is 10.5. The number of anilines is 2. The van der Waals surface area contributed by atoms with Crippen molar-refractivity contribution in [3.05, 3.63) is 19.9 Å². The molecule has 4 heterocycles. The second kappa shape index (κ2) is 10.5. The third-order valence-electron chi connectivity index (χ3n) is 8.15. The van der Waals surface area contributed by atoms with E-state index in [1.807, 2.05) is 31.7 Å². The molecule has 0 aliphatic carbocycles. The Hall–Kier alpha value is -1.47. The summed E-state index contributed by atoms with van der Waals surface area (Å²) in [6.45, 7) is 13.5. The number of piperidine rings is 1. The van der Waals surface area contributed by atoms with Gasteiger partial charge in [-0.25, -0.2) is 14.2 Å². The first-order valence-corrected chi connectivity index (χ1v) is 15.3. The molecule has 3 aliphatic heterocycles. The standard InChI is InChI=1S/C27H37BrFIN6O2/c1-6-17-14-35(12-11-33(17)5)24-31-22-18(13-19(30)20(28)21(22)29)23(32-24)34-9-7-27(8-10-34)15-36(16-27)25(37)38-26(2,3)4/h13,17H,6-12,14-16H2,1-5H3. The van der Waals surface area contributed by atoms with Crippen molar-refractivity contribution in [2.24, 2.45) is 5.41 Å². The summed E-state index contributed by atoms with van der Waals surface area (Å²) in [5.74, 6) is 1.07. The second-order valence-corrected chi connectivity index (χ2v) is 14.0. The summed E-state index contributed by atoms with van der Waals surface area (Å²) in [5.41, 5.74) is -0.00470. The second-order valence-electron chi connectivity index (χ2n) is 12.0. The summed E-state index contributed by atoms with van der Waals surface area (Å²) in [5, 5.41) is 0.750. The molecular weight excluding hydrogens is 666 g/mol. The normalized spacial score (nSPS) is 22.2. The zero-order valence-corrected chi connectivity index (χ0v) is 26.6. The summed E-state index contributed by atoms with van der Waals surface area (Å²) >= 11 is 5.58. The van der Waals surface area contributed by atoms with E-state index in [0.29, 0.717) is 22.0 Å². The maximum absolute atomic E-state index is 15.5. The van der Waals surface area contributed by atoms with Crippen LogP contribution in [0.4, 0.5) is 21.0 Å². The minimum Gasteiger partial charge on any atom is -0.444 e. The molecule has 0 bridgehead atoms. The number of halogens is 3. The third kappa shape index (κ3) is 5.43. The molecule has 3 fully saturated rings. The lowest BCUT2D eigenvalue weighted by Crippen LogP contribution is -2.62. The van der Waals surface area contributed by atoms with Crippen LogP contribution in [0.5, 0.6) is 0 Å². The van der Waals surface area contributed by atoms with Crippen LogP contribution in [0, 0.1) is 14.8 Å². The van der Waals surface area contributed by atoms with Gasteiger partial charge in [0.05, 0.1) is 4.47 Å². The lowest BCUT2D eigenvalue weighted by atomic mass is 9.72. The van der Waals surface area contributed by atoms with E-state index >= 15 is 4.39 Å². The zero-order chi connectivity index (χ0) is 27.4. The van der Waals surface area contributed by atoms with Crippen molar-refractivity contribution in [1.82, 2.24) is 19.8 Å². The van der Waals surface area contributed by atoms with Crippen LogP contribution < -0.4 is 9.80 Å². The quantitative estimate of drug-likeness (QED) is 0.309. The van der Waals surface area contributed by atoms with E-state index in [9.17, 15) is 4.79 Å². The molecule has 1 amide bonds. The Bertz CT molecular complexity index is 1220. The average Bonchev–Trinajstić information content (AvgIpc) is 2.85. The Morgan fingerprint density at radius 1 is 1.18 bits per heavy atom. The van der Waals surface area contributed by atoms with Crippen LogP contribution in [-0.4, -0.2) is 90.4 Å². The van der Waals surface area contributed by atoms with E-state index in [4.69, 9.17) is 14.7 Å². The van der Waals surface area contributed by atoms with Gasteiger partial charge in [-0.1, -0.05) is 6.92 Å². The number of hydrogen-bond acceptors (Lipinski definition) is 7. The summed E-state index contributed by atoms with van der Waals surface area (Å²) in [6.07, 6.45) is 2.72. The largest absolute Gasteiger partial charge is 0.444 e. The number of likely N-dealkylation sites (N-methyl/N-ethyl adjacent to an activating group) is 1. The topological polar surface area (TPSA) is 65.0 Å². The Morgan fingerprint density at radius 3 is 2.50 bits per heavy atom. The van der Waals surface area contributed by atoms with Gasteiger partial charge in [0.15, 0.2) is 5.82 Å². The molecule has 11 heteroatoms. The van der Waals surface area contributed by atoms with E-state index in [1.54, 1.807) is 0 Å². The van der Waals surface area contributed by atoms with E-state index in [1.165, 1.54) is 0 Å². The minimum atomic E-state index is -0.488. The van der Waals surface area contributed by atoms with Crippen LogP contribution in [0.15, 0.2) is 10.5 Å². The number of fused-ring (bicyclic) bond motifs is 1. The average molecular weight is 703 g/mol. The molecule has 8 nitrogen and oxygen atoms in total. The fourth-order valence-electron chi connectivity index (χ4n) is 5.82. The van der Waals surface area contributed by atoms with Crippen LogP contribution in [0.25, 0.3) is 10.9 Å². The number of carbonyl (C=O) groups excluding carboxylic acids is 1. The number of rotatable bonds is 3. The first kappa shape index (κ1) is 28.1.